The fraction of sp³-hybridized carbons (Fsp3) is 0.152. The van der Waals surface area contributed by atoms with E-state index in [1.54, 1.807) is 13.0 Å². The van der Waals surface area contributed by atoms with Gasteiger partial charge in [0, 0.05) is 23.2 Å². The van der Waals surface area contributed by atoms with Crippen molar-refractivity contribution in [2.45, 2.75) is 18.3 Å². The molecule has 0 spiro atoms. The van der Waals surface area contributed by atoms with Crippen molar-refractivity contribution >= 4 is 58.5 Å². The maximum Gasteiger partial charge on any atom is 0.293 e. The van der Waals surface area contributed by atoms with Gasteiger partial charge in [0.25, 0.3) is 11.6 Å². The third-order valence-electron chi connectivity index (χ3n) is 8.86. The summed E-state index contributed by atoms with van der Waals surface area (Å²) < 4.78 is 0. The average molecular weight is 625 g/mol. The van der Waals surface area contributed by atoms with Crippen molar-refractivity contribution in [2.24, 2.45) is 16.9 Å². The predicted molar refractivity (Wildman–Crippen MR) is 165 cm³/mol. The average Bonchev–Trinajstić information content (AvgIpc) is 3.27. The maximum absolute atomic E-state index is 14.5. The first kappa shape index (κ1) is 27.9. The minimum atomic E-state index is -1.27. The molecule has 9 nitrogen and oxygen atoms in total. The van der Waals surface area contributed by atoms with Gasteiger partial charge < -0.3 is 0 Å². The molecule has 2 atom stereocenters. The van der Waals surface area contributed by atoms with E-state index in [1.165, 1.54) is 36.5 Å². The van der Waals surface area contributed by atoms with Gasteiger partial charge in [0.2, 0.25) is 11.8 Å². The standard InChI is InChI=1S/C33H22Cl2N4O5/c1-17-10-13-25(26(14-17)39(43)44)38-31(41)28-27-19-6-2-4-8-22(19)33(29(28)32(38)42,23-9-5-3-7-20(23)27)16-36-37-30(40)21-12-11-18(34)15-24(21)35/h2-16,27-29H,1H3,(H,37,40)/b36-16-/t27?,28-,29-,33?/m0/s1. The van der Waals surface area contributed by atoms with Gasteiger partial charge in [0.1, 0.15) is 5.69 Å². The number of nitrogens with zero attached hydrogens (tertiary/aromatic N) is 3. The molecule has 2 bridgehead atoms. The number of carbonyl (C=O) groups is 3. The van der Waals surface area contributed by atoms with Crippen LogP contribution in [0, 0.1) is 28.9 Å². The molecular formula is C33H22Cl2N4O5. The molecule has 0 radical (unpaired) electrons. The lowest BCUT2D eigenvalue weighted by molar-refractivity contribution is -0.384. The number of nitrogens with one attached hydrogen (secondary N) is 1. The van der Waals surface area contributed by atoms with E-state index in [0.717, 1.165) is 27.2 Å². The highest BCUT2D eigenvalue weighted by Gasteiger charge is 2.68. The van der Waals surface area contributed by atoms with Crippen LogP contribution in [0.3, 0.4) is 0 Å². The minimum absolute atomic E-state index is 0.0738. The van der Waals surface area contributed by atoms with Gasteiger partial charge >= 0.3 is 0 Å². The summed E-state index contributed by atoms with van der Waals surface area (Å²) in [6.45, 7) is 1.70. The molecule has 1 N–H and O–H groups in total. The second-order valence-electron chi connectivity index (χ2n) is 11.1. The van der Waals surface area contributed by atoms with Crippen molar-refractivity contribution in [3.63, 3.8) is 0 Å². The monoisotopic (exact) mass is 624 g/mol. The molecule has 1 heterocycles. The van der Waals surface area contributed by atoms with Crippen LogP contribution in [0.2, 0.25) is 10.0 Å². The van der Waals surface area contributed by atoms with Crippen LogP contribution in [0.15, 0.2) is 90.0 Å². The van der Waals surface area contributed by atoms with Gasteiger partial charge in [-0.25, -0.2) is 10.3 Å². The van der Waals surface area contributed by atoms with Gasteiger partial charge in [0.05, 0.1) is 32.8 Å². The lowest BCUT2D eigenvalue weighted by Gasteiger charge is -2.52. The Labute approximate surface area is 261 Å². The zero-order chi connectivity index (χ0) is 30.9. The van der Waals surface area contributed by atoms with Gasteiger partial charge in [-0.1, -0.05) is 77.8 Å². The Balaban J connectivity index is 1.41. The summed E-state index contributed by atoms with van der Waals surface area (Å²) in [7, 11) is 0. The molecular weight excluding hydrogens is 603 g/mol. The van der Waals surface area contributed by atoms with Crippen molar-refractivity contribution in [3.8, 4) is 0 Å². The van der Waals surface area contributed by atoms with E-state index in [9.17, 15) is 24.5 Å². The summed E-state index contributed by atoms with van der Waals surface area (Å²) in [5.74, 6) is -3.98. The van der Waals surface area contributed by atoms with E-state index in [4.69, 9.17) is 23.2 Å². The second kappa shape index (κ2) is 10.1. The molecule has 11 heteroatoms. The molecule has 0 saturated carbocycles. The van der Waals surface area contributed by atoms with E-state index in [0.29, 0.717) is 10.6 Å². The van der Waals surface area contributed by atoms with Crippen LogP contribution in [0.4, 0.5) is 11.4 Å². The molecule has 218 valence electrons. The maximum atomic E-state index is 14.5. The number of nitro groups is 1. The summed E-state index contributed by atoms with van der Waals surface area (Å²) in [6.07, 6.45) is 1.51. The highest BCUT2D eigenvalue weighted by atomic mass is 35.5. The van der Waals surface area contributed by atoms with Gasteiger partial charge in [0.15, 0.2) is 0 Å². The molecule has 4 aliphatic rings. The highest BCUT2D eigenvalue weighted by molar-refractivity contribution is 6.36. The van der Waals surface area contributed by atoms with Crippen molar-refractivity contribution in [3.05, 3.63) is 138 Å². The third-order valence-corrected chi connectivity index (χ3v) is 9.41. The van der Waals surface area contributed by atoms with E-state index in [2.05, 4.69) is 10.5 Å². The van der Waals surface area contributed by atoms with Crippen LogP contribution in [0.1, 0.15) is 44.1 Å². The quantitative estimate of drug-likeness (QED) is 0.123. The zero-order valence-corrected chi connectivity index (χ0v) is 24.5. The number of hydrazone groups is 1. The normalized spacial score (nSPS) is 23.0. The third kappa shape index (κ3) is 3.86. The summed E-state index contributed by atoms with van der Waals surface area (Å²) >= 11 is 12.2. The number of imide groups is 1. The van der Waals surface area contributed by atoms with E-state index >= 15 is 0 Å². The van der Waals surface area contributed by atoms with Crippen LogP contribution >= 0.6 is 23.2 Å². The number of hydrogen-bond donors (Lipinski definition) is 1. The molecule has 1 aliphatic heterocycles. The molecule has 44 heavy (non-hydrogen) atoms. The summed E-state index contributed by atoms with van der Waals surface area (Å²) in [6, 6.07) is 24.0. The van der Waals surface area contributed by atoms with E-state index in [-0.39, 0.29) is 22.0 Å². The van der Waals surface area contributed by atoms with Crippen LogP contribution < -0.4 is 10.3 Å². The van der Waals surface area contributed by atoms with Gasteiger partial charge in [-0.05, 0) is 59.0 Å². The lowest BCUT2D eigenvalue weighted by atomic mass is 9.47. The number of benzene rings is 4. The van der Waals surface area contributed by atoms with Crippen LogP contribution in [0.25, 0.3) is 0 Å². The largest absolute Gasteiger partial charge is 0.293 e. The van der Waals surface area contributed by atoms with Crippen LogP contribution in [0.5, 0.6) is 0 Å². The Morgan fingerprint density at radius 2 is 1.61 bits per heavy atom. The Bertz CT molecular complexity index is 1930. The van der Waals surface area contributed by atoms with E-state index in [1.807, 2.05) is 48.5 Å². The summed E-state index contributed by atoms with van der Waals surface area (Å²) in [5.41, 5.74) is 4.88. The first-order valence-electron chi connectivity index (χ1n) is 13.8. The first-order valence-corrected chi connectivity index (χ1v) is 14.5. The zero-order valence-electron chi connectivity index (χ0n) is 23.0. The smallest absolute Gasteiger partial charge is 0.274 e. The Kier molecular flexibility index (Phi) is 6.42. The second-order valence-corrected chi connectivity index (χ2v) is 12.0. The van der Waals surface area contributed by atoms with E-state index < -0.39 is 45.8 Å². The molecule has 1 saturated heterocycles. The number of amides is 3. The first-order chi connectivity index (χ1) is 21.1. The van der Waals surface area contributed by atoms with Crippen LogP contribution in [-0.4, -0.2) is 28.9 Å². The van der Waals surface area contributed by atoms with Gasteiger partial charge in [-0.3, -0.25) is 24.5 Å². The molecule has 0 aromatic heterocycles. The van der Waals surface area contributed by atoms with Gasteiger partial charge in [-0.15, -0.1) is 0 Å². The predicted octanol–water partition coefficient (Wildman–Crippen LogP) is 6.18. The Hall–Kier alpha value is -4.86. The van der Waals surface area contributed by atoms with Crippen molar-refractivity contribution in [1.29, 1.82) is 0 Å². The van der Waals surface area contributed by atoms with Crippen molar-refractivity contribution in [2.75, 3.05) is 4.90 Å². The van der Waals surface area contributed by atoms with Gasteiger partial charge in [-0.2, -0.15) is 5.10 Å². The number of anilines is 1. The minimum Gasteiger partial charge on any atom is -0.274 e. The number of rotatable bonds is 5. The van der Waals surface area contributed by atoms with Crippen LogP contribution in [-0.2, 0) is 15.0 Å². The Morgan fingerprint density at radius 3 is 2.25 bits per heavy atom. The number of nitro benzene ring substituents is 1. The SMILES string of the molecule is Cc1ccc(N2C(=O)[C@@H]3[C@@H](C2=O)C2c4ccccc4C3(/C=N\NC(=O)c3ccc(Cl)cc3Cl)c3ccccc32)c([N+](=O)[O-])c1. The molecule has 0 unspecified atom stereocenters. The molecule has 8 rings (SSSR count). The molecule has 3 amide bonds. The van der Waals surface area contributed by atoms with Crippen molar-refractivity contribution < 1.29 is 19.3 Å². The number of hydrogen-bond acceptors (Lipinski definition) is 6. The number of aryl methyl sites for hydroxylation is 1. The highest BCUT2D eigenvalue weighted by Crippen LogP contribution is 2.64. The lowest BCUT2D eigenvalue weighted by Crippen LogP contribution is -2.54. The molecule has 4 aromatic rings. The molecule has 4 aromatic carbocycles. The topological polar surface area (TPSA) is 122 Å². The number of halogens is 2. The van der Waals surface area contributed by atoms with Crippen molar-refractivity contribution in [1.82, 2.24) is 5.43 Å². The Morgan fingerprint density at radius 1 is 0.955 bits per heavy atom. The number of carbonyl (C=O) groups excluding carboxylic acids is 3. The molecule has 1 fully saturated rings. The fourth-order valence-corrected chi connectivity index (χ4v) is 7.68. The summed E-state index contributed by atoms with van der Waals surface area (Å²) in [4.78, 5) is 54.4. The summed E-state index contributed by atoms with van der Waals surface area (Å²) in [5, 5.41) is 16.9. The molecule has 3 aliphatic carbocycles. The fourth-order valence-electron chi connectivity index (χ4n) is 7.18.